The van der Waals surface area contributed by atoms with E-state index in [9.17, 15) is 4.79 Å². The molecule has 3 heteroatoms. The van der Waals surface area contributed by atoms with Crippen molar-refractivity contribution in [3.63, 3.8) is 0 Å². The minimum Gasteiger partial charge on any atom is -0.368 e. The molecule has 0 bridgehead atoms. The Morgan fingerprint density at radius 3 is 2.80 bits per heavy atom. The third-order valence-electron chi connectivity index (χ3n) is 2.01. The molecule has 0 saturated carbocycles. The van der Waals surface area contributed by atoms with Crippen molar-refractivity contribution >= 4 is 5.91 Å². The Kier molecular flexibility index (Phi) is 2.27. The van der Waals surface area contributed by atoms with Gasteiger partial charge >= 0.3 is 0 Å². The van der Waals surface area contributed by atoms with E-state index < -0.39 is 0 Å². The number of hydrogen-bond donors (Lipinski definition) is 2. The predicted molar refractivity (Wildman–Crippen MR) is 39.4 cm³/mol. The molecule has 1 aliphatic rings. The molecular formula is C7H14N2O. The molecule has 2 unspecified atom stereocenters. The molecule has 1 saturated heterocycles. The standard InChI is InChI=1S/C7H14N2O/c1-5-2-3-9-6(4-5)7(8)10/h5-6,9H,2-4H2,1H3,(H2,8,10). The Morgan fingerprint density at radius 1 is 1.70 bits per heavy atom. The van der Waals surface area contributed by atoms with Crippen molar-refractivity contribution in [3.8, 4) is 0 Å². The van der Waals surface area contributed by atoms with Crippen LogP contribution in [0.4, 0.5) is 0 Å². The maximum atomic E-state index is 10.7. The molecule has 10 heavy (non-hydrogen) atoms. The van der Waals surface area contributed by atoms with Crippen LogP contribution in [0.25, 0.3) is 0 Å². The predicted octanol–water partition coefficient (Wildman–Crippen LogP) is -0.140. The van der Waals surface area contributed by atoms with Gasteiger partial charge in [0.1, 0.15) is 0 Å². The van der Waals surface area contributed by atoms with Crippen molar-refractivity contribution in [2.24, 2.45) is 11.7 Å². The first-order valence-corrected chi connectivity index (χ1v) is 3.73. The summed E-state index contributed by atoms with van der Waals surface area (Å²) in [5, 5.41) is 3.07. The highest BCUT2D eigenvalue weighted by Crippen LogP contribution is 2.14. The average molecular weight is 142 g/mol. The summed E-state index contributed by atoms with van der Waals surface area (Å²) in [7, 11) is 0. The molecule has 1 fully saturated rings. The van der Waals surface area contributed by atoms with Crippen molar-refractivity contribution in [1.82, 2.24) is 5.32 Å². The molecule has 1 aliphatic heterocycles. The molecule has 0 radical (unpaired) electrons. The molecular weight excluding hydrogens is 128 g/mol. The first-order chi connectivity index (χ1) is 4.70. The minimum atomic E-state index is -0.216. The summed E-state index contributed by atoms with van der Waals surface area (Å²) in [4.78, 5) is 10.7. The van der Waals surface area contributed by atoms with E-state index >= 15 is 0 Å². The summed E-state index contributed by atoms with van der Waals surface area (Å²) >= 11 is 0. The summed E-state index contributed by atoms with van der Waals surface area (Å²) in [5.74, 6) is 0.422. The van der Waals surface area contributed by atoms with Gasteiger partial charge in [0.25, 0.3) is 0 Å². The van der Waals surface area contributed by atoms with Crippen LogP contribution in [-0.4, -0.2) is 18.5 Å². The number of piperidine rings is 1. The lowest BCUT2D eigenvalue weighted by molar-refractivity contribution is -0.120. The molecule has 0 aliphatic carbocycles. The van der Waals surface area contributed by atoms with Crippen molar-refractivity contribution in [2.75, 3.05) is 6.54 Å². The fourth-order valence-corrected chi connectivity index (χ4v) is 1.32. The fraction of sp³-hybridized carbons (Fsp3) is 0.857. The van der Waals surface area contributed by atoms with Crippen molar-refractivity contribution < 1.29 is 4.79 Å². The molecule has 3 N–H and O–H groups in total. The first kappa shape index (κ1) is 7.54. The van der Waals surface area contributed by atoms with E-state index in [0.717, 1.165) is 19.4 Å². The number of rotatable bonds is 1. The summed E-state index contributed by atoms with van der Waals surface area (Å²) in [6.45, 7) is 3.07. The van der Waals surface area contributed by atoms with E-state index in [0.29, 0.717) is 5.92 Å². The number of hydrogen-bond acceptors (Lipinski definition) is 2. The van der Waals surface area contributed by atoms with Gasteiger partial charge in [0, 0.05) is 0 Å². The SMILES string of the molecule is CC1CCNC(C(N)=O)C1. The zero-order valence-electron chi connectivity index (χ0n) is 6.26. The number of carbonyl (C=O) groups excluding carboxylic acids is 1. The van der Waals surface area contributed by atoms with Gasteiger partial charge in [-0.2, -0.15) is 0 Å². The Bertz CT molecular complexity index is 136. The van der Waals surface area contributed by atoms with Crippen molar-refractivity contribution in [3.05, 3.63) is 0 Å². The van der Waals surface area contributed by atoms with Crippen LogP contribution in [-0.2, 0) is 4.79 Å². The van der Waals surface area contributed by atoms with Gasteiger partial charge in [0.2, 0.25) is 5.91 Å². The molecule has 0 spiro atoms. The molecule has 3 nitrogen and oxygen atoms in total. The van der Waals surface area contributed by atoms with Crippen LogP contribution >= 0.6 is 0 Å². The zero-order chi connectivity index (χ0) is 7.56. The number of nitrogens with one attached hydrogen (secondary N) is 1. The number of carbonyl (C=O) groups is 1. The van der Waals surface area contributed by atoms with Crippen LogP contribution < -0.4 is 11.1 Å². The first-order valence-electron chi connectivity index (χ1n) is 3.73. The molecule has 0 aromatic carbocycles. The highest BCUT2D eigenvalue weighted by Gasteiger charge is 2.21. The summed E-state index contributed by atoms with van der Waals surface area (Å²) in [6, 6.07) is -0.0799. The van der Waals surface area contributed by atoms with Gasteiger partial charge in [-0.25, -0.2) is 0 Å². The Morgan fingerprint density at radius 2 is 2.40 bits per heavy atom. The van der Waals surface area contributed by atoms with Crippen LogP contribution in [0.2, 0.25) is 0 Å². The molecule has 0 aromatic rings. The molecule has 1 rings (SSSR count). The van der Waals surface area contributed by atoms with Crippen molar-refractivity contribution in [2.45, 2.75) is 25.8 Å². The second-order valence-corrected chi connectivity index (χ2v) is 3.04. The zero-order valence-corrected chi connectivity index (χ0v) is 6.26. The third kappa shape index (κ3) is 1.70. The Balaban J connectivity index is 2.39. The molecule has 2 atom stereocenters. The molecule has 0 aromatic heterocycles. The monoisotopic (exact) mass is 142 g/mol. The highest BCUT2D eigenvalue weighted by molar-refractivity contribution is 5.79. The van der Waals surface area contributed by atoms with Gasteiger partial charge in [-0.15, -0.1) is 0 Å². The van der Waals surface area contributed by atoms with E-state index in [-0.39, 0.29) is 11.9 Å². The van der Waals surface area contributed by atoms with Gasteiger partial charge in [-0.05, 0) is 25.3 Å². The van der Waals surface area contributed by atoms with E-state index in [4.69, 9.17) is 5.73 Å². The number of amides is 1. The fourth-order valence-electron chi connectivity index (χ4n) is 1.32. The van der Waals surface area contributed by atoms with Crippen molar-refractivity contribution in [1.29, 1.82) is 0 Å². The number of nitrogens with two attached hydrogens (primary N) is 1. The summed E-state index contributed by atoms with van der Waals surface area (Å²) in [6.07, 6.45) is 2.05. The van der Waals surface area contributed by atoms with Crippen LogP contribution in [0.15, 0.2) is 0 Å². The van der Waals surface area contributed by atoms with Gasteiger partial charge < -0.3 is 11.1 Å². The van der Waals surface area contributed by atoms with Crippen LogP contribution in [0.1, 0.15) is 19.8 Å². The second kappa shape index (κ2) is 3.01. The quantitative estimate of drug-likeness (QED) is 0.535. The van der Waals surface area contributed by atoms with Crippen LogP contribution in [0.3, 0.4) is 0 Å². The maximum absolute atomic E-state index is 10.7. The van der Waals surface area contributed by atoms with E-state index in [1.54, 1.807) is 0 Å². The topological polar surface area (TPSA) is 55.1 Å². The van der Waals surface area contributed by atoms with E-state index in [1.165, 1.54) is 0 Å². The summed E-state index contributed by atoms with van der Waals surface area (Å²) < 4.78 is 0. The minimum absolute atomic E-state index is 0.0799. The van der Waals surface area contributed by atoms with E-state index in [1.807, 2.05) is 0 Å². The lowest BCUT2D eigenvalue weighted by Gasteiger charge is -2.25. The highest BCUT2D eigenvalue weighted by atomic mass is 16.1. The molecule has 58 valence electrons. The van der Waals surface area contributed by atoms with Gasteiger partial charge in [-0.1, -0.05) is 6.92 Å². The van der Waals surface area contributed by atoms with Gasteiger partial charge in [-0.3, -0.25) is 4.79 Å². The van der Waals surface area contributed by atoms with Crippen LogP contribution in [0.5, 0.6) is 0 Å². The molecule has 1 heterocycles. The smallest absolute Gasteiger partial charge is 0.234 e. The normalized spacial score (nSPS) is 33.7. The number of primary amides is 1. The maximum Gasteiger partial charge on any atom is 0.234 e. The lowest BCUT2D eigenvalue weighted by Crippen LogP contribution is -2.46. The third-order valence-corrected chi connectivity index (χ3v) is 2.01. The largest absolute Gasteiger partial charge is 0.368 e. The summed E-state index contributed by atoms with van der Waals surface area (Å²) in [5.41, 5.74) is 5.13. The van der Waals surface area contributed by atoms with Gasteiger partial charge in [0.15, 0.2) is 0 Å². The van der Waals surface area contributed by atoms with Gasteiger partial charge in [0.05, 0.1) is 6.04 Å². The lowest BCUT2D eigenvalue weighted by atomic mass is 9.94. The Hall–Kier alpha value is -0.570. The Labute approximate surface area is 61.0 Å². The second-order valence-electron chi connectivity index (χ2n) is 3.04. The molecule has 1 amide bonds. The van der Waals surface area contributed by atoms with E-state index in [2.05, 4.69) is 12.2 Å². The average Bonchev–Trinajstić information content (AvgIpc) is 1.88. The van der Waals surface area contributed by atoms with Crippen LogP contribution in [0, 0.1) is 5.92 Å².